The first kappa shape index (κ1) is 16.8. The minimum atomic E-state index is -0.316. The van der Waals surface area contributed by atoms with Crippen LogP contribution in [0.25, 0.3) is 0 Å². The van der Waals surface area contributed by atoms with Crippen LogP contribution in [-0.2, 0) is 16.1 Å². The lowest BCUT2D eigenvalue weighted by Gasteiger charge is -2.21. The first-order valence-corrected chi connectivity index (χ1v) is 8.01. The molecule has 0 radical (unpaired) electrons. The minimum absolute atomic E-state index is 0.302. The first-order chi connectivity index (χ1) is 12.0. The molecule has 1 heterocycles. The predicted octanol–water partition coefficient (Wildman–Crippen LogP) is 2.89. The lowest BCUT2D eigenvalue weighted by molar-refractivity contribution is -0.120. The standard InChI is InChI=1S/C20H20N2O3/c1-14-11-15(9-10-18(14)25-3)13-21(2)17-12-19(23)22(20(17)24)16-7-5-4-6-8-16/h4-12H,13H2,1-3H3. The highest BCUT2D eigenvalue weighted by Crippen LogP contribution is 2.25. The molecule has 0 aliphatic carbocycles. The average Bonchev–Trinajstić information content (AvgIpc) is 2.90. The van der Waals surface area contributed by atoms with Crippen LogP contribution in [0.4, 0.5) is 5.69 Å². The molecule has 5 heteroatoms. The summed E-state index contributed by atoms with van der Waals surface area (Å²) in [4.78, 5) is 28.0. The summed E-state index contributed by atoms with van der Waals surface area (Å²) < 4.78 is 5.27. The quantitative estimate of drug-likeness (QED) is 0.788. The molecule has 0 aromatic heterocycles. The number of ether oxygens (including phenoxy) is 1. The van der Waals surface area contributed by atoms with Crippen molar-refractivity contribution in [1.29, 1.82) is 0 Å². The van der Waals surface area contributed by atoms with Crippen LogP contribution in [0.15, 0.2) is 60.3 Å². The Kier molecular flexibility index (Phi) is 4.57. The van der Waals surface area contributed by atoms with Crippen LogP contribution in [-0.4, -0.2) is 30.9 Å². The van der Waals surface area contributed by atoms with Crippen molar-refractivity contribution < 1.29 is 14.3 Å². The van der Waals surface area contributed by atoms with Crippen molar-refractivity contribution >= 4 is 17.5 Å². The summed E-state index contributed by atoms with van der Waals surface area (Å²) in [6.45, 7) is 2.50. The molecule has 0 fully saturated rings. The Balaban J connectivity index is 1.78. The van der Waals surface area contributed by atoms with Crippen molar-refractivity contribution in [2.75, 3.05) is 19.1 Å². The van der Waals surface area contributed by atoms with Gasteiger partial charge in [0.1, 0.15) is 11.4 Å². The maximum Gasteiger partial charge on any atom is 0.281 e. The Hall–Kier alpha value is -3.08. The Bertz CT molecular complexity index is 843. The molecule has 25 heavy (non-hydrogen) atoms. The summed E-state index contributed by atoms with van der Waals surface area (Å²) in [6.07, 6.45) is 1.39. The number of amides is 2. The van der Waals surface area contributed by atoms with Gasteiger partial charge in [-0.15, -0.1) is 0 Å². The lowest BCUT2D eigenvalue weighted by Crippen LogP contribution is -2.33. The zero-order valence-electron chi connectivity index (χ0n) is 14.5. The van der Waals surface area contributed by atoms with Gasteiger partial charge in [-0.3, -0.25) is 9.59 Å². The van der Waals surface area contributed by atoms with Gasteiger partial charge in [0, 0.05) is 19.7 Å². The largest absolute Gasteiger partial charge is 0.496 e. The maximum atomic E-state index is 12.7. The Morgan fingerprint density at radius 2 is 1.80 bits per heavy atom. The third kappa shape index (κ3) is 3.26. The van der Waals surface area contributed by atoms with Gasteiger partial charge in [0.25, 0.3) is 11.8 Å². The summed E-state index contributed by atoms with van der Waals surface area (Å²) in [5.41, 5.74) is 3.04. The van der Waals surface area contributed by atoms with Gasteiger partial charge in [-0.25, -0.2) is 4.90 Å². The van der Waals surface area contributed by atoms with E-state index in [0.717, 1.165) is 16.9 Å². The Morgan fingerprint density at radius 1 is 1.08 bits per heavy atom. The second kappa shape index (κ2) is 6.81. The number of anilines is 1. The van der Waals surface area contributed by atoms with E-state index in [0.29, 0.717) is 17.9 Å². The topological polar surface area (TPSA) is 49.9 Å². The molecule has 0 bridgehead atoms. The van der Waals surface area contributed by atoms with Crippen molar-refractivity contribution in [3.63, 3.8) is 0 Å². The molecule has 0 unspecified atom stereocenters. The molecule has 0 saturated heterocycles. The molecule has 0 atom stereocenters. The van der Waals surface area contributed by atoms with Gasteiger partial charge < -0.3 is 9.64 Å². The number of hydrogen-bond donors (Lipinski definition) is 0. The average molecular weight is 336 g/mol. The van der Waals surface area contributed by atoms with Gasteiger partial charge in [0.2, 0.25) is 0 Å². The number of benzene rings is 2. The van der Waals surface area contributed by atoms with Crippen LogP contribution in [0.3, 0.4) is 0 Å². The molecule has 2 aromatic carbocycles. The van der Waals surface area contributed by atoms with Gasteiger partial charge in [-0.1, -0.05) is 30.3 Å². The van der Waals surface area contributed by atoms with E-state index in [1.165, 1.54) is 11.0 Å². The van der Waals surface area contributed by atoms with E-state index in [9.17, 15) is 9.59 Å². The molecule has 2 aromatic rings. The number of hydrogen-bond acceptors (Lipinski definition) is 4. The van der Waals surface area contributed by atoms with Crippen molar-refractivity contribution in [1.82, 2.24) is 4.90 Å². The molecule has 1 aliphatic rings. The summed E-state index contributed by atoms with van der Waals surface area (Å²) in [7, 11) is 3.45. The van der Waals surface area contributed by atoms with Gasteiger partial charge in [0.15, 0.2) is 0 Å². The maximum absolute atomic E-state index is 12.7. The molecule has 3 rings (SSSR count). The highest BCUT2D eigenvalue weighted by molar-refractivity contribution is 6.30. The predicted molar refractivity (Wildman–Crippen MR) is 96.2 cm³/mol. The fraction of sp³-hybridized carbons (Fsp3) is 0.200. The highest BCUT2D eigenvalue weighted by atomic mass is 16.5. The van der Waals surface area contributed by atoms with E-state index in [1.807, 2.05) is 38.2 Å². The molecular formula is C20H20N2O3. The van der Waals surface area contributed by atoms with Gasteiger partial charge in [-0.05, 0) is 36.2 Å². The SMILES string of the molecule is COc1ccc(CN(C)C2=CC(=O)N(c3ccccc3)C2=O)cc1C. The normalized spacial score (nSPS) is 13.9. The number of likely N-dealkylation sites (N-methyl/N-ethyl adjacent to an activating group) is 1. The summed E-state index contributed by atoms with van der Waals surface area (Å²) in [5.74, 6) is 0.209. The second-order valence-electron chi connectivity index (χ2n) is 6.00. The number of rotatable bonds is 5. The van der Waals surface area contributed by atoms with Crippen LogP contribution < -0.4 is 9.64 Å². The van der Waals surface area contributed by atoms with Crippen LogP contribution in [0, 0.1) is 6.92 Å². The molecule has 1 aliphatic heterocycles. The van der Waals surface area contributed by atoms with E-state index in [-0.39, 0.29) is 11.8 Å². The highest BCUT2D eigenvalue weighted by Gasteiger charge is 2.34. The summed E-state index contributed by atoms with van der Waals surface area (Å²) >= 11 is 0. The monoisotopic (exact) mass is 336 g/mol. The van der Waals surface area contributed by atoms with Crippen molar-refractivity contribution in [3.8, 4) is 5.75 Å². The smallest absolute Gasteiger partial charge is 0.281 e. The van der Waals surface area contributed by atoms with E-state index < -0.39 is 0 Å². The van der Waals surface area contributed by atoms with Gasteiger partial charge >= 0.3 is 0 Å². The number of aryl methyl sites for hydroxylation is 1. The van der Waals surface area contributed by atoms with Crippen LogP contribution in [0.5, 0.6) is 5.75 Å². The van der Waals surface area contributed by atoms with Crippen molar-refractivity contribution in [2.45, 2.75) is 13.5 Å². The third-order valence-corrected chi connectivity index (χ3v) is 4.21. The third-order valence-electron chi connectivity index (χ3n) is 4.21. The molecule has 5 nitrogen and oxygen atoms in total. The molecular weight excluding hydrogens is 316 g/mol. The molecule has 0 spiro atoms. The fourth-order valence-electron chi connectivity index (χ4n) is 2.95. The lowest BCUT2D eigenvalue weighted by atomic mass is 10.1. The number of nitrogens with zero attached hydrogens (tertiary/aromatic N) is 2. The molecule has 0 saturated carbocycles. The van der Waals surface area contributed by atoms with Crippen molar-refractivity contribution in [3.05, 3.63) is 71.4 Å². The van der Waals surface area contributed by atoms with E-state index in [4.69, 9.17) is 4.74 Å². The van der Waals surface area contributed by atoms with Gasteiger partial charge in [-0.2, -0.15) is 0 Å². The van der Waals surface area contributed by atoms with Crippen molar-refractivity contribution in [2.24, 2.45) is 0 Å². The number of methoxy groups -OCH3 is 1. The second-order valence-corrected chi connectivity index (χ2v) is 6.00. The fourth-order valence-corrected chi connectivity index (χ4v) is 2.95. The van der Waals surface area contributed by atoms with Crippen LogP contribution >= 0.6 is 0 Å². The van der Waals surface area contributed by atoms with E-state index in [2.05, 4.69) is 0 Å². The molecule has 0 N–H and O–H groups in total. The van der Waals surface area contributed by atoms with Gasteiger partial charge in [0.05, 0.1) is 12.8 Å². The Labute approximate surface area is 147 Å². The number of carbonyl (C=O) groups is 2. The van der Waals surface area contributed by atoms with Crippen LogP contribution in [0.1, 0.15) is 11.1 Å². The van der Waals surface area contributed by atoms with Crippen LogP contribution in [0.2, 0.25) is 0 Å². The number of imide groups is 1. The minimum Gasteiger partial charge on any atom is -0.496 e. The summed E-state index contributed by atoms with van der Waals surface area (Å²) in [5, 5.41) is 0. The number of carbonyl (C=O) groups excluding carboxylic acids is 2. The Morgan fingerprint density at radius 3 is 2.44 bits per heavy atom. The molecule has 128 valence electrons. The van der Waals surface area contributed by atoms with E-state index in [1.54, 1.807) is 36.3 Å². The zero-order valence-corrected chi connectivity index (χ0v) is 14.5. The zero-order chi connectivity index (χ0) is 18.0. The number of para-hydroxylation sites is 1. The first-order valence-electron chi connectivity index (χ1n) is 8.01. The molecule has 2 amide bonds. The van der Waals surface area contributed by atoms with E-state index >= 15 is 0 Å². The summed E-state index contributed by atoms with van der Waals surface area (Å²) in [6, 6.07) is 14.8.